The Kier molecular flexibility index (Phi) is 6.07. The second-order valence-electron chi connectivity index (χ2n) is 6.54. The van der Waals surface area contributed by atoms with Crippen LogP contribution >= 0.6 is 0 Å². The van der Waals surface area contributed by atoms with E-state index in [0.717, 1.165) is 12.5 Å². The molecule has 0 aliphatic heterocycles. The number of nitrogens with two attached hydrogens (primary N) is 1. The van der Waals surface area contributed by atoms with Crippen LogP contribution in [0.3, 0.4) is 0 Å². The van der Waals surface area contributed by atoms with Crippen LogP contribution in [-0.4, -0.2) is 37.4 Å². The van der Waals surface area contributed by atoms with Crippen LogP contribution < -0.4 is 16.4 Å². The largest absolute Gasteiger partial charge is 0.444 e. The van der Waals surface area contributed by atoms with Gasteiger partial charge in [-0.1, -0.05) is 6.92 Å². The van der Waals surface area contributed by atoms with Gasteiger partial charge in [-0.15, -0.1) is 0 Å². The fourth-order valence-corrected chi connectivity index (χ4v) is 1.94. The highest BCUT2D eigenvalue weighted by Crippen LogP contribution is 2.36. The highest BCUT2D eigenvalue weighted by atomic mass is 16.6. The molecule has 5 nitrogen and oxygen atoms in total. The Balaban J connectivity index is 2.18. The molecule has 2 unspecified atom stereocenters. The molecule has 1 fully saturated rings. The van der Waals surface area contributed by atoms with E-state index in [4.69, 9.17) is 10.5 Å². The maximum absolute atomic E-state index is 11.5. The summed E-state index contributed by atoms with van der Waals surface area (Å²) in [6, 6.07) is 0.105. The summed E-state index contributed by atoms with van der Waals surface area (Å²) >= 11 is 0. The van der Waals surface area contributed by atoms with Gasteiger partial charge in [-0.05, 0) is 52.0 Å². The minimum Gasteiger partial charge on any atom is -0.444 e. The van der Waals surface area contributed by atoms with Gasteiger partial charge in [0, 0.05) is 19.1 Å². The van der Waals surface area contributed by atoms with E-state index in [0.29, 0.717) is 19.0 Å². The first kappa shape index (κ1) is 16.2. The highest BCUT2D eigenvalue weighted by Gasteiger charge is 2.27. The fraction of sp³-hybridized carbons (Fsp3) is 0.929. The number of carbonyl (C=O) groups excluding carboxylic acids is 1. The molecule has 0 radical (unpaired) electrons. The quantitative estimate of drug-likeness (QED) is 0.655. The zero-order chi connectivity index (χ0) is 14.5. The van der Waals surface area contributed by atoms with Crippen molar-refractivity contribution < 1.29 is 9.53 Å². The molecule has 0 aromatic rings. The molecule has 1 aliphatic rings. The lowest BCUT2D eigenvalue weighted by Gasteiger charge is -2.23. The first-order valence-corrected chi connectivity index (χ1v) is 7.22. The van der Waals surface area contributed by atoms with E-state index >= 15 is 0 Å². The summed E-state index contributed by atoms with van der Waals surface area (Å²) in [6.45, 7) is 9.78. The molecule has 1 rings (SSSR count). The standard InChI is InChI=1S/C14H29N3O2/c1-10(11-5-6-11)8-16-12(7-15)9-17-13(18)19-14(2,3)4/h10-12,16H,5-9,15H2,1-4H3,(H,17,18). The molecule has 0 spiro atoms. The van der Waals surface area contributed by atoms with Gasteiger partial charge in [0.25, 0.3) is 0 Å². The molecule has 112 valence electrons. The highest BCUT2D eigenvalue weighted by molar-refractivity contribution is 5.67. The second kappa shape index (κ2) is 7.10. The third-order valence-corrected chi connectivity index (χ3v) is 3.33. The molecule has 19 heavy (non-hydrogen) atoms. The SMILES string of the molecule is CC(CNC(CN)CNC(=O)OC(C)(C)C)C1CC1. The topological polar surface area (TPSA) is 76.4 Å². The normalized spacial score (nSPS) is 18.8. The van der Waals surface area contributed by atoms with Crippen molar-refractivity contribution in [3.8, 4) is 0 Å². The van der Waals surface area contributed by atoms with E-state index in [9.17, 15) is 4.79 Å². The van der Waals surface area contributed by atoms with Crippen molar-refractivity contribution >= 4 is 6.09 Å². The molecule has 1 amide bonds. The smallest absolute Gasteiger partial charge is 0.407 e. The van der Waals surface area contributed by atoms with E-state index in [1.807, 2.05) is 20.8 Å². The fourth-order valence-electron chi connectivity index (χ4n) is 1.94. The van der Waals surface area contributed by atoms with Crippen molar-refractivity contribution in [3.05, 3.63) is 0 Å². The van der Waals surface area contributed by atoms with Crippen LogP contribution in [0.1, 0.15) is 40.5 Å². The third kappa shape index (κ3) is 7.38. The number of alkyl carbamates (subject to hydrolysis) is 1. The van der Waals surface area contributed by atoms with Crippen LogP contribution in [0.4, 0.5) is 4.79 Å². The van der Waals surface area contributed by atoms with Crippen molar-refractivity contribution in [3.63, 3.8) is 0 Å². The summed E-state index contributed by atoms with van der Waals surface area (Å²) in [6.07, 6.45) is 2.32. The molecular formula is C14H29N3O2. The van der Waals surface area contributed by atoms with Gasteiger partial charge in [0.15, 0.2) is 0 Å². The van der Waals surface area contributed by atoms with Crippen LogP contribution in [0.2, 0.25) is 0 Å². The first-order chi connectivity index (χ1) is 8.81. The van der Waals surface area contributed by atoms with Gasteiger partial charge in [-0.25, -0.2) is 4.79 Å². The number of nitrogens with one attached hydrogen (secondary N) is 2. The van der Waals surface area contributed by atoms with Crippen LogP contribution in [0, 0.1) is 11.8 Å². The van der Waals surface area contributed by atoms with Gasteiger partial charge in [0.2, 0.25) is 0 Å². The molecule has 0 saturated heterocycles. The summed E-state index contributed by atoms with van der Waals surface area (Å²) in [5.41, 5.74) is 5.25. The predicted octanol–water partition coefficient (Wildman–Crippen LogP) is 1.47. The van der Waals surface area contributed by atoms with Crippen molar-refractivity contribution in [2.45, 2.75) is 52.2 Å². The molecule has 2 atom stereocenters. The van der Waals surface area contributed by atoms with E-state index in [1.54, 1.807) is 0 Å². The van der Waals surface area contributed by atoms with Crippen LogP contribution in [-0.2, 0) is 4.74 Å². The van der Waals surface area contributed by atoms with Crippen LogP contribution in [0.25, 0.3) is 0 Å². The number of amides is 1. The molecular weight excluding hydrogens is 242 g/mol. The summed E-state index contributed by atoms with van der Waals surface area (Å²) in [7, 11) is 0. The summed E-state index contributed by atoms with van der Waals surface area (Å²) in [5, 5.41) is 6.17. The Labute approximate surface area is 116 Å². The van der Waals surface area contributed by atoms with Crippen LogP contribution in [0.5, 0.6) is 0 Å². The first-order valence-electron chi connectivity index (χ1n) is 7.22. The average molecular weight is 271 g/mol. The lowest BCUT2D eigenvalue weighted by molar-refractivity contribution is 0.0522. The lowest BCUT2D eigenvalue weighted by Crippen LogP contribution is -2.47. The lowest BCUT2D eigenvalue weighted by atomic mass is 10.1. The second-order valence-corrected chi connectivity index (χ2v) is 6.54. The van der Waals surface area contributed by atoms with Gasteiger partial charge in [0.05, 0.1) is 0 Å². The molecule has 0 bridgehead atoms. The predicted molar refractivity (Wildman–Crippen MR) is 77.0 cm³/mol. The maximum Gasteiger partial charge on any atom is 0.407 e. The Bertz CT molecular complexity index is 285. The molecule has 4 N–H and O–H groups in total. The van der Waals surface area contributed by atoms with Crippen molar-refractivity contribution in [2.24, 2.45) is 17.6 Å². The van der Waals surface area contributed by atoms with Gasteiger partial charge < -0.3 is 21.1 Å². The molecule has 1 saturated carbocycles. The Morgan fingerprint density at radius 3 is 2.47 bits per heavy atom. The molecule has 5 heteroatoms. The monoisotopic (exact) mass is 271 g/mol. The van der Waals surface area contributed by atoms with E-state index in [1.165, 1.54) is 12.8 Å². The number of hydrogen-bond acceptors (Lipinski definition) is 4. The average Bonchev–Trinajstić information content (AvgIpc) is 3.10. The van der Waals surface area contributed by atoms with E-state index < -0.39 is 5.60 Å². The van der Waals surface area contributed by atoms with Crippen molar-refractivity contribution in [1.29, 1.82) is 0 Å². The number of hydrogen-bond donors (Lipinski definition) is 3. The van der Waals surface area contributed by atoms with Gasteiger partial charge >= 0.3 is 6.09 Å². The maximum atomic E-state index is 11.5. The Hall–Kier alpha value is -0.810. The zero-order valence-electron chi connectivity index (χ0n) is 12.7. The van der Waals surface area contributed by atoms with Crippen LogP contribution in [0.15, 0.2) is 0 Å². The van der Waals surface area contributed by atoms with Gasteiger partial charge in [0.1, 0.15) is 5.60 Å². The molecule has 1 aliphatic carbocycles. The number of rotatable bonds is 7. The number of ether oxygens (including phenoxy) is 1. The van der Waals surface area contributed by atoms with Crippen molar-refractivity contribution in [2.75, 3.05) is 19.6 Å². The van der Waals surface area contributed by atoms with E-state index in [-0.39, 0.29) is 12.1 Å². The van der Waals surface area contributed by atoms with Gasteiger partial charge in [-0.2, -0.15) is 0 Å². The Morgan fingerprint density at radius 1 is 1.37 bits per heavy atom. The summed E-state index contributed by atoms with van der Waals surface area (Å²) < 4.78 is 5.19. The minimum atomic E-state index is -0.462. The van der Waals surface area contributed by atoms with Gasteiger partial charge in [-0.3, -0.25) is 0 Å². The molecule has 0 aromatic heterocycles. The summed E-state index contributed by atoms with van der Waals surface area (Å²) in [5.74, 6) is 1.57. The zero-order valence-corrected chi connectivity index (χ0v) is 12.7. The molecule has 0 heterocycles. The Morgan fingerprint density at radius 2 is 2.00 bits per heavy atom. The summed E-state index contributed by atoms with van der Waals surface area (Å²) in [4.78, 5) is 11.5. The van der Waals surface area contributed by atoms with E-state index in [2.05, 4.69) is 17.6 Å². The van der Waals surface area contributed by atoms with Crippen molar-refractivity contribution in [1.82, 2.24) is 10.6 Å². The number of carbonyl (C=O) groups is 1. The molecule has 0 aromatic carbocycles. The third-order valence-electron chi connectivity index (χ3n) is 3.33. The minimum absolute atomic E-state index is 0.105.